The lowest BCUT2D eigenvalue weighted by Gasteiger charge is -2.35. The largest absolute Gasteiger partial charge is 0.367 e. The fraction of sp³-hybridized carbons (Fsp3) is 0.333. The van der Waals surface area contributed by atoms with Gasteiger partial charge in [0.25, 0.3) is 0 Å². The Balaban J connectivity index is 1.61. The van der Waals surface area contributed by atoms with Gasteiger partial charge in [0.05, 0.1) is 11.4 Å². The molecule has 0 unspecified atom stereocenters. The molecule has 0 radical (unpaired) electrons. The topological polar surface area (TPSA) is 60.0 Å². The Morgan fingerprint density at radius 2 is 1.82 bits per heavy atom. The van der Waals surface area contributed by atoms with Crippen molar-refractivity contribution < 1.29 is 9.18 Å². The summed E-state index contributed by atoms with van der Waals surface area (Å²) in [5.74, 6) is -0.272. The van der Waals surface area contributed by atoms with E-state index in [0.29, 0.717) is 22.6 Å². The van der Waals surface area contributed by atoms with E-state index >= 15 is 0 Å². The van der Waals surface area contributed by atoms with Crippen molar-refractivity contribution in [1.82, 2.24) is 10.3 Å². The molecule has 2 amide bonds. The highest BCUT2D eigenvalue weighted by molar-refractivity contribution is 6.00. The van der Waals surface area contributed by atoms with Gasteiger partial charge in [-0.25, -0.2) is 14.6 Å². The first-order valence-corrected chi connectivity index (χ1v) is 9.50. The second kappa shape index (κ2) is 9.32. The van der Waals surface area contributed by atoms with E-state index in [-0.39, 0.29) is 5.82 Å². The van der Waals surface area contributed by atoms with Crippen LogP contribution in [0.5, 0.6) is 0 Å². The Hall–Kier alpha value is -2.93. The van der Waals surface area contributed by atoms with Crippen LogP contribution in [0.4, 0.5) is 20.6 Å². The van der Waals surface area contributed by atoms with E-state index < -0.39 is 6.03 Å². The number of para-hydroxylation sites is 1. The van der Waals surface area contributed by atoms with E-state index in [1.54, 1.807) is 25.1 Å². The van der Waals surface area contributed by atoms with E-state index in [1.807, 2.05) is 24.3 Å². The molecule has 0 saturated carbocycles. The molecule has 148 valence electrons. The van der Waals surface area contributed by atoms with Crippen LogP contribution in [0.1, 0.15) is 19.4 Å². The van der Waals surface area contributed by atoms with E-state index in [9.17, 15) is 9.18 Å². The van der Waals surface area contributed by atoms with Crippen LogP contribution in [0.25, 0.3) is 0 Å². The number of rotatable bonds is 5. The highest BCUT2D eigenvalue weighted by Gasteiger charge is 2.18. The summed E-state index contributed by atoms with van der Waals surface area (Å²) in [4.78, 5) is 16.3. The van der Waals surface area contributed by atoms with Crippen LogP contribution in [0.15, 0.2) is 53.6 Å². The number of halogens is 1. The Bertz CT molecular complexity index is 832. The van der Waals surface area contributed by atoms with E-state index in [1.165, 1.54) is 6.07 Å². The van der Waals surface area contributed by atoms with Crippen LogP contribution >= 0.6 is 0 Å². The molecule has 2 N–H and O–H groups in total. The molecule has 0 aromatic heterocycles. The quantitative estimate of drug-likeness (QED) is 0.614. The normalized spacial score (nSPS) is 15.4. The van der Waals surface area contributed by atoms with Crippen molar-refractivity contribution in [2.24, 2.45) is 5.10 Å². The van der Waals surface area contributed by atoms with Crippen molar-refractivity contribution >= 4 is 23.1 Å². The number of benzene rings is 2. The second-order valence-electron chi connectivity index (χ2n) is 6.72. The van der Waals surface area contributed by atoms with Crippen LogP contribution in [0, 0.1) is 5.82 Å². The third kappa shape index (κ3) is 5.07. The van der Waals surface area contributed by atoms with E-state index in [4.69, 9.17) is 0 Å². The zero-order chi connectivity index (χ0) is 19.9. The highest BCUT2D eigenvalue weighted by Crippen LogP contribution is 2.22. The fourth-order valence-corrected chi connectivity index (χ4v) is 3.17. The number of piperazine rings is 1. The van der Waals surface area contributed by atoms with Gasteiger partial charge in [0.15, 0.2) is 0 Å². The Morgan fingerprint density at radius 3 is 2.46 bits per heavy atom. The minimum Gasteiger partial charge on any atom is -0.367 e. The molecule has 1 heterocycles. The van der Waals surface area contributed by atoms with Crippen molar-refractivity contribution in [3.05, 3.63) is 59.9 Å². The first-order chi connectivity index (χ1) is 13.6. The molecule has 6 nitrogen and oxygen atoms in total. The van der Waals surface area contributed by atoms with Crippen molar-refractivity contribution in [2.75, 3.05) is 42.9 Å². The predicted molar refractivity (Wildman–Crippen MR) is 112 cm³/mol. The van der Waals surface area contributed by atoms with Crippen LogP contribution < -0.4 is 15.6 Å². The third-order valence-electron chi connectivity index (χ3n) is 4.88. The van der Waals surface area contributed by atoms with Gasteiger partial charge in [-0.15, -0.1) is 0 Å². The number of anilines is 2. The summed E-state index contributed by atoms with van der Waals surface area (Å²) in [7, 11) is 0. The number of carbonyl (C=O) groups is 1. The predicted octanol–water partition coefficient (Wildman–Crippen LogP) is 3.51. The number of hydrogen-bond acceptors (Lipinski definition) is 4. The van der Waals surface area contributed by atoms with Crippen LogP contribution in [-0.4, -0.2) is 49.4 Å². The molecule has 1 saturated heterocycles. The van der Waals surface area contributed by atoms with Gasteiger partial charge in [0, 0.05) is 37.4 Å². The maximum atomic E-state index is 14.7. The molecule has 0 aliphatic carbocycles. The number of carbonyl (C=O) groups excluding carboxylic acids is 1. The monoisotopic (exact) mass is 383 g/mol. The smallest absolute Gasteiger partial charge is 0.339 e. The summed E-state index contributed by atoms with van der Waals surface area (Å²) >= 11 is 0. The minimum absolute atomic E-state index is 0.272. The van der Waals surface area contributed by atoms with Crippen molar-refractivity contribution in [3.63, 3.8) is 0 Å². The number of nitrogens with zero attached hydrogens (tertiary/aromatic N) is 3. The zero-order valence-electron chi connectivity index (χ0n) is 16.3. The summed E-state index contributed by atoms with van der Waals surface area (Å²) in [6.07, 6.45) is 0. The van der Waals surface area contributed by atoms with Crippen LogP contribution in [0.2, 0.25) is 0 Å². The lowest BCUT2D eigenvalue weighted by Crippen LogP contribution is -2.46. The molecular formula is C21H26FN5O. The van der Waals surface area contributed by atoms with Gasteiger partial charge >= 0.3 is 6.03 Å². The Labute approximate surface area is 165 Å². The molecule has 0 bridgehead atoms. The third-order valence-corrected chi connectivity index (χ3v) is 4.88. The number of likely N-dealkylation sites (N-methyl/N-ethyl adjacent to an activating group) is 1. The van der Waals surface area contributed by atoms with Gasteiger partial charge in [0.1, 0.15) is 5.82 Å². The lowest BCUT2D eigenvalue weighted by molar-refractivity contribution is 0.252. The average Bonchev–Trinajstić information content (AvgIpc) is 2.73. The first-order valence-electron chi connectivity index (χ1n) is 9.50. The summed E-state index contributed by atoms with van der Waals surface area (Å²) in [6.45, 7) is 8.42. The molecule has 2 aromatic rings. The maximum Gasteiger partial charge on any atom is 0.339 e. The summed E-state index contributed by atoms with van der Waals surface area (Å²) < 4.78 is 14.7. The van der Waals surface area contributed by atoms with Gasteiger partial charge in [-0.3, -0.25) is 0 Å². The maximum absolute atomic E-state index is 14.7. The van der Waals surface area contributed by atoms with E-state index in [0.717, 1.165) is 32.7 Å². The molecule has 1 fully saturated rings. The van der Waals surface area contributed by atoms with Gasteiger partial charge < -0.3 is 15.1 Å². The number of amides is 2. The van der Waals surface area contributed by atoms with Gasteiger partial charge in [-0.1, -0.05) is 31.2 Å². The number of urea groups is 1. The number of nitrogens with one attached hydrogen (secondary N) is 2. The molecule has 1 aliphatic heterocycles. The van der Waals surface area contributed by atoms with Gasteiger partial charge in [0.2, 0.25) is 0 Å². The van der Waals surface area contributed by atoms with Crippen molar-refractivity contribution in [1.29, 1.82) is 0 Å². The number of hydrazone groups is 1. The molecule has 3 rings (SSSR count). The average molecular weight is 383 g/mol. The van der Waals surface area contributed by atoms with Crippen molar-refractivity contribution in [2.45, 2.75) is 13.8 Å². The Morgan fingerprint density at radius 1 is 1.11 bits per heavy atom. The van der Waals surface area contributed by atoms with Crippen LogP contribution in [-0.2, 0) is 0 Å². The molecule has 2 aromatic carbocycles. The summed E-state index contributed by atoms with van der Waals surface area (Å²) in [6, 6.07) is 13.7. The van der Waals surface area contributed by atoms with E-state index in [2.05, 4.69) is 32.6 Å². The molecule has 0 spiro atoms. The summed E-state index contributed by atoms with van der Waals surface area (Å²) in [5, 5.41) is 6.74. The molecule has 1 aliphatic rings. The molecular weight excluding hydrogens is 357 g/mol. The molecule has 7 heteroatoms. The number of hydrogen-bond donors (Lipinski definition) is 2. The highest BCUT2D eigenvalue weighted by atomic mass is 19.1. The zero-order valence-corrected chi connectivity index (χ0v) is 16.3. The SMILES string of the molecule is CCN1CCN(c2ccc(/C(C)=N\NC(=O)Nc3ccccc3)cc2F)CC1. The molecule has 0 atom stereocenters. The lowest BCUT2D eigenvalue weighted by atomic mass is 10.1. The standard InChI is InChI=1S/C21H26FN5O/c1-3-26-11-13-27(14-12-26)20-10-9-17(15-19(20)22)16(2)24-25-21(28)23-18-7-5-4-6-8-18/h4-10,15H,3,11-14H2,1-2H3,(H2,23,25,28)/b24-16-. The van der Waals surface area contributed by atoms with Crippen molar-refractivity contribution in [3.8, 4) is 0 Å². The van der Waals surface area contributed by atoms with Gasteiger partial charge in [-0.2, -0.15) is 5.10 Å². The first kappa shape index (κ1) is 19.8. The Kier molecular flexibility index (Phi) is 6.60. The van der Waals surface area contributed by atoms with Crippen LogP contribution in [0.3, 0.4) is 0 Å². The minimum atomic E-state index is -0.448. The second-order valence-corrected chi connectivity index (χ2v) is 6.72. The fourth-order valence-electron chi connectivity index (χ4n) is 3.17. The summed E-state index contributed by atoms with van der Waals surface area (Å²) in [5.41, 5.74) is 4.89. The molecule has 28 heavy (non-hydrogen) atoms. The van der Waals surface area contributed by atoms with Gasteiger partial charge in [-0.05, 0) is 37.7 Å².